The molecule has 0 saturated heterocycles. The third-order valence-electron chi connectivity index (χ3n) is 3.58. The van der Waals surface area contributed by atoms with Gasteiger partial charge in [0.25, 0.3) is 0 Å². The van der Waals surface area contributed by atoms with Crippen LogP contribution in [0.15, 0.2) is 79.0 Å². The highest BCUT2D eigenvalue weighted by Crippen LogP contribution is 2.29. The van der Waals surface area contributed by atoms with E-state index in [4.69, 9.17) is 0 Å². The Morgan fingerprint density at radius 2 is 1.52 bits per heavy atom. The van der Waals surface area contributed by atoms with E-state index in [0.717, 1.165) is 33.7 Å². The van der Waals surface area contributed by atoms with Crippen molar-refractivity contribution in [2.45, 2.75) is 0 Å². The summed E-state index contributed by atoms with van der Waals surface area (Å²) in [7, 11) is -3.31. The summed E-state index contributed by atoms with van der Waals surface area (Å²) in [5, 5.41) is 2.20. The van der Waals surface area contributed by atoms with Gasteiger partial charge in [-0.3, -0.25) is 4.72 Å². The van der Waals surface area contributed by atoms with E-state index in [9.17, 15) is 8.42 Å². The van der Waals surface area contributed by atoms with Crippen LogP contribution >= 0.6 is 0 Å². The predicted molar refractivity (Wildman–Crippen MR) is 95.4 cm³/mol. The molecule has 0 amide bonds. The molecule has 0 aliphatic heterocycles. The molecule has 0 aliphatic rings. The maximum absolute atomic E-state index is 11.5. The van der Waals surface area contributed by atoms with Crippen molar-refractivity contribution in [3.05, 3.63) is 90.1 Å². The highest BCUT2D eigenvalue weighted by molar-refractivity contribution is 7.88. The number of rotatable bonds is 4. The number of hydrogen-bond acceptors (Lipinski definition) is 2. The van der Waals surface area contributed by atoms with Crippen molar-refractivity contribution in [2.24, 2.45) is 0 Å². The van der Waals surface area contributed by atoms with Crippen molar-refractivity contribution in [3.8, 4) is 0 Å². The van der Waals surface area contributed by atoms with Gasteiger partial charge in [-0.05, 0) is 21.9 Å². The zero-order valence-electron chi connectivity index (χ0n) is 12.7. The Kier molecular flexibility index (Phi) is 4.17. The summed E-state index contributed by atoms with van der Waals surface area (Å²) in [5.74, 6) is 0. The molecule has 1 N–H and O–H groups in total. The van der Waals surface area contributed by atoms with Crippen LogP contribution in [0.4, 0.5) is 0 Å². The lowest BCUT2D eigenvalue weighted by molar-refractivity contribution is 0.596. The summed E-state index contributed by atoms with van der Waals surface area (Å²) in [4.78, 5) is 0. The zero-order chi connectivity index (χ0) is 16.3. The summed E-state index contributed by atoms with van der Waals surface area (Å²) < 4.78 is 25.5. The molecule has 0 spiro atoms. The number of fused-ring (bicyclic) bond motifs is 1. The van der Waals surface area contributed by atoms with Crippen LogP contribution in [-0.4, -0.2) is 14.7 Å². The molecular formula is C19H17NO2S. The van der Waals surface area contributed by atoms with Gasteiger partial charge in [-0.25, -0.2) is 8.42 Å². The monoisotopic (exact) mass is 323 g/mol. The quantitative estimate of drug-likeness (QED) is 0.794. The lowest BCUT2D eigenvalue weighted by Crippen LogP contribution is -2.16. The van der Waals surface area contributed by atoms with E-state index >= 15 is 0 Å². The van der Waals surface area contributed by atoms with Crippen molar-refractivity contribution in [1.29, 1.82) is 0 Å². The molecule has 0 aliphatic carbocycles. The Balaban J connectivity index is 2.22. The minimum atomic E-state index is -3.31. The summed E-state index contributed by atoms with van der Waals surface area (Å²) in [5.41, 5.74) is 2.79. The fourth-order valence-electron chi connectivity index (χ4n) is 2.56. The van der Waals surface area contributed by atoms with Gasteiger partial charge in [0.2, 0.25) is 10.0 Å². The maximum Gasteiger partial charge on any atom is 0.229 e. The van der Waals surface area contributed by atoms with Gasteiger partial charge in [0.15, 0.2) is 0 Å². The van der Waals surface area contributed by atoms with E-state index < -0.39 is 10.0 Å². The predicted octanol–water partition coefficient (Wildman–Crippen LogP) is 3.78. The molecule has 0 fully saturated rings. The first-order valence-electron chi connectivity index (χ1n) is 7.26. The normalized spacial score (nSPS) is 12.3. The highest BCUT2D eigenvalue weighted by Gasteiger charge is 2.09. The van der Waals surface area contributed by atoms with Crippen LogP contribution in [0.5, 0.6) is 0 Å². The molecule has 4 heteroatoms. The van der Waals surface area contributed by atoms with Gasteiger partial charge in [0.05, 0.1) is 6.26 Å². The van der Waals surface area contributed by atoms with E-state index in [0.29, 0.717) is 0 Å². The van der Waals surface area contributed by atoms with Crippen LogP contribution in [0, 0.1) is 0 Å². The molecule has 0 bridgehead atoms. The third kappa shape index (κ3) is 3.60. The molecule has 23 heavy (non-hydrogen) atoms. The van der Waals surface area contributed by atoms with Crippen LogP contribution in [-0.2, 0) is 10.0 Å². The van der Waals surface area contributed by atoms with E-state index in [2.05, 4.69) is 4.72 Å². The van der Waals surface area contributed by atoms with Crippen molar-refractivity contribution >= 4 is 26.4 Å². The average molecular weight is 323 g/mol. The molecule has 0 heterocycles. The van der Waals surface area contributed by atoms with Crippen LogP contribution in [0.3, 0.4) is 0 Å². The molecule has 0 unspecified atom stereocenters. The molecule has 116 valence electrons. The van der Waals surface area contributed by atoms with Gasteiger partial charge in [-0.2, -0.15) is 0 Å². The van der Waals surface area contributed by atoms with Crippen molar-refractivity contribution in [2.75, 3.05) is 6.26 Å². The average Bonchev–Trinajstić information content (AvgIpc) is 2.55. The van der Waals surface area contributed by atoms with Gasteiger partial charge in [-0.15, -0.1) is 0 Å². The van der Waals surface area contributed by atoms with Crippen LogP contribution in [0.25, 0.3) is 16.3 Å². The second-order valence-corrected chi connectivity index (χ2v) is 7.12. The van der Waals surface area contributed by atoms with Crippen molar-refractivity contribution < 1.29 is 8.42 Å². The number of benzene rings is 3. The lowest BCUT2D eigenvalue weighted by Gasteiger charge is -2.12. The zero-order valence-corrected chi connectivity index (χ0v) is 13.5. The van der Waals surface area contributed by atoms with Crippen LogP contribution in [0.1, 0.15) is 11.1 Å². The van der Waals surface area contributed by atoms with Crippen molar-refractivity contribution in [3.63, 3.8) is 0 Å². The molecule has 3 aromatic carbocycles. The molecular weight excluding hydrogens is 306 g/mol. The second-order valence-electron chi connectivity index (χ2n) is 5.34. The number of nitrogens with one attached hydrogen (secondary N) is 1. The molecule has 0 saturated carbocycles. The third-order valence-corrected chi connectivity index (χ3v) is 4.13. The van der Waals surface area contributed by atoms with Crippen LogP contribution < -0.4 is 4.72 Å². The Hall–Kier alpha value is -2.59. The maximum atomic E-state index is 11.5. The molecule has 3 rings (SSSR count). The smallest absolute Gasteiger partial charge is 0.229 e. The van der Waals surface area contributed by atoms with Gasteiger partial charge >= 0.3 is 0 Å². The number of hydrogen-bond donors (Lipinski definition) is 1. The van der Waals surface area contributed by atoms with Crippen LogP contribution in [0.2, 0.25) is 0 Å². The Labute approximate surface area is 136 Å². The van der Waals surface area contributed by atoms with E-state index in [-0.39, 0.29) is 0 Å². The number of sulfonamides is 1. The minimum absolute atomic E-state index is 0.841. The first-order valence-corrected chi connectivity index (χ1v) is 9.15. The Morgan fingerprint density at radius 1 is 0.870 bits per heavy atom. The van der Waals surface area contributed by atoms with E-state index in [1.54, 1.807) is 6.20 Å². The first kappa shape index (κ1) is 15.3. The topological polar surface area (TPSA) is 46.2 Å². The minimum Gasteiger partial charge on any atom is -0.290 e. The summed E-state index contributed by atoms with van der Waals surface area (Å²) in [6, 6.07) is 23.9. The molecule has 3 nitrogen and oxygen atoms in total. The SMILES string of the molecule is CS(=O)(=O)N/C=C(/c1ccccc1)c1cccc2ccccc12. The summed E-state index contributed by atoms with van der Waals surface area (Å²) in [6.45, 7) is 0. The summed E-state index contributed by atoms with van der Waals surface area (Å²) in [6.07, 6.45) is 2.71. The largest absolute Gasteiger partial charge is 0.290 e. The standard InChI is InChI=1S/C19H17NO2S/c1-23(21,22)20-14-19(16-8-3-2-4-9-16)18-13-7-11-15-10-5-6-12-17(15)18/h2-14,20H,1H3/b19-14-. The molecule has 0 aromatic heterocycles. The fourth-order valence-corrected chi connectivity index (χ4v) is 2.89. The van der Waals surface area contributed by atoms with E-state index in [1.807, 2.05) is 72.8 Å². The van der Waals surface area contributed by atoms with E-state index in [1.165, 1.54) is 0 Å². The van der Waals surface area contributed by atoms with Gasteiger partial charge < -0.3 is 0 Å². The first-order chi connectivity index (χ1) is 11.0. The van der Waals surface area contributed by atoms with Gasteiger partial charge in [-0.1, -0.05) is 72.8 Å². The lowest BCUT2D eigenvalue weighted by atomic mass is 9.94. The summed E-state index contributed by atoms with van der Waals surface area (Å²) >= 11 is 0. The Morgan fingerprint density at radius 3 is 2.26 bits per heavy atom. The highest BCUT2D eigenvalue weighted by atomic mass is 32.2. The van der Waals surface area contributed by atoms with Gasteiger partial charge in [0, 0.05) is 11.8 Å². The molecule has 3 aromatic rings. The van der Waals surface area contributed by atoms with Gasteiger partial charge in [0.1, 0.15) is 0 Å². The fraction of sp³-hybridized carbons (Fsp3) is 0.0526. The second kappa shape index (κ2) is 6.26. The molecule has 0 radical (unpaired) electrons. The Bertz CT molecular complexity index is 956. The van der Waals surface area contributed by atoms with Crippen molar-refractivity contribution in [1.82, 2.24) is 4.72 Å². The molecule has 0 atom stereocenters.